The van der Waals surface area contributed by atoms with Gasteiger partial charge in [0.25, 0.3) is 5.91 Å². The fraction of sp³-hybridized carbons (Fsp3) is 0.107. The third-order valence-electron chi connectivity index (χ3n) is 5.60. The van der Waals surface area contributed by atoms with Gasteiger partial charge in [0.15, 0.2) is 5.17 Å². The lowest BCUT2D eigenvalue weighted by atomic mass is 10.2. The van der Waals surface area contributed by atoms with Crippen LogP contribution in [0.2, 0.25) is 0 Å². The molecule has 0 bridgehead atoms. The normalized spacial score (nSPS) is 14.1. The second-order valence-corrected chi connectivity index (χ2v) is 9.06. The highest BCUT2D eigenvalue weighted by Gasteiger charge is 2.35. The molecular weight excluding hydrogens is 504 g/mol. The second-order valence-electron chi connectivity index (χ2n) is 8.11. The number of nitrogens with zero attached hydrogens (tertiary/aromatic N) is 3. The predicted molar refractivity (Wildman–Crippen MR) is 145 cm³/mol. The van der Waals surface area contributed by atoms with Crippen molar-refractivity contribution >= 4 is 40.4 Å². The first kappa shape index (κ1) is 25.0. The number of amidine groups is 1. The van der Waals surface area contributed by atoms with E-state index in [1.165, 1.54) is 9.58 Å². The summed E-state index contributed by atoms with van der Waals surface area (Å²) >= 11 is 1.07. The van der Waals surface area contributed by atoms with E-state index in [9.17, 15) is 14.4 Å². The van der Waals surface area contributed by atoms with Crippen LogP contribution in [0.4, 0.5) is 5.69 Å². The molecule has 0 fully saturated rings. The smallest absolute Gasteiger partial charge is 0.438 e. The van der Waals surface area contributed by atoms with E-state index in [1.807, 2.05) is 55.5 Å². The van der Waals surface area contributed by atoms with Crippen LogP contribution in [-0.4, -0.2) is 34.5 Å². The maximum absolute atomic E-state index is 13.4. The molecule has 0 spiro atoms. The Morgan fingerprint density at radius 2 is 1.71 bits per heavy atom. The standard InChI is InChI=1S/C28H22N4O5S/c1-2-36-22-15-13-19(14-16-22)17-23-26(34)31(20-9-5-3-6-10-20)28(29-23)38-18-24(33)25-27(35)37-30-32(25)21-11-7-4-8-12-21/h3-17H,2,18H2,1H3/p+1/b23-17+. The van der Waals surface area contributed by atoms with Crippen molar-refractivity contribution in [3.63, 3.8) is 0 Å². The Morgan fingerprint density at radius 1 is 1.03 bits per heavy atom. The van der Waals surface area contributed by atoms with Crippen molar-refractivity contribution in [2.45, 2.75) is 6.92 Å². The Labute approximate surface area is 222 Å². The highest BCUT2D eigenvalue weighted by Crippen LogP contribution is 2.29. The lowest BCUT2D eigenvalue weighted by Crippen LogP contribution is -2.41. The molecule has 0 saturated heterocycles. The average Bonchev–Trinajstić information content (AvgIpc) is 3.48. The Kier molecular flexibility index (Phi) is 7.32. The Bertz CT molecular complexity index is 1570. The lowest BCUT2D eigenvalue weighted by Gasteiger charge is -2.17. The first-order valence-electron chi connectivity index (χ1n) is 11.8. The number of hydrogen-bond acceptors (Lipinski definition) is 7. The number of Topliss-reactive ketones (excluding diaryl/α,β-unsaturated/α-hetero) is 1. The number of thioether (sulfide) groups is 1. The van der Waals surface area contributed by atoms with E-state index in [4.69, 9.17) is 9.26 Å². The number of ketones is 1. The first-order valence-corrected chi connectivity index (χ1v) is 12.8. The predicted octanol–water partition coefficient (Wildman–Crippen LogP) is 4.00. The van der Waals surface area contributed by atoms with Crippen LogP contribution >= 0.6 is 11.8 Å². The maximum Gasteiger partial charge on any atom is 0.438 e. The number of hydrogen-bond donors (Lipinski definition) is 1. The number of amides is 1. The molecule has 3 aromatic carbocycles. The summed E-state index contributed by atoms with van der Waals surface area (Å²) in [6, 6.07) is 25.3. The molecule has 0 saturated carbocycles. The molecule has 10 heteroatoms. The number of nitrogens with one attached hydrogen (secondary N) is 1. The fourth-order valence-corrected chi connectivity index (χ4v) is 4.73. The van der Waals surface area contributed by atoms with Crippen LogP contribution in [0.25, 0.3) is 11.8 Å². The third kappa shape index (κ3) is 5.21. The van der Waals surface area contributed by atoms with Crippen molar-refractivity contribution < 1.29 is 23.5 Å². The zero-order valence-corrected chi connectivity index (χ0v) is 21.2. The SMILES string of the molecule is CCOc1ccc(/C=C2/N=C(SCC(=O)c3c(=O)o[nH][n+]3-c3ccccc3)N(c3ccccc3)C2=O)cc1. The van der Waals surface area contributed by atoms with E-state index in [-0.39, 0.29) is 23.1 Å². The number of H-pyrrole nitrogens is 1. The van der Waals surface area contributed by atoms with E-state index >= 15 is 0 Å². The Morgan fingerprint density at radius 3 is 2.39 bits per heavy atom. The van der Waals surface area contributed by atoms with Gasteiger partial charge in [-0.15, -0.1) is 0 Å². The monoisotopic (exact) mass is 527 g/mol. The quantitative estimate of drug-likeness (QED) is 0.211. The zero-order valence-electron chi connectivity index (χ0n) is 20.4. The van der Waals surface area contributed by atoms with Crippen LogP contribution in [-0.2, 0) is 4.79 Å². The number of anilines is 1. The first-order chi connectivity index (χ1) is 18.5. The molecule has 0 unspecified atom stereocenters. The summed E-state index contributed by atoms with van der Waals surface area (Å²) in [6.45, 7) is 2.47. The van der Waals surface area contributed by atoms with Gasteiger partial charge in [0, 0.05) is 12.1 Å². The van der Waals surface area contributed by atoms with Gasteiger partial charge < -0.3 is 4.74 Å². The number of carbonyl (C=O) groups is 2. The lowest BCUT2D eigenvalue weighted by molar-refractivity contribution is -0.672. The fourth-order valence-electron chi connectivity index (χ4n) is 3.85. The topological polar surface area (TPSA) is 109 Å². The van der Waals surface area contributed by atoms with Gasteiger partial charge in [-0.1, -0.05) is 60.3 Å². The Hall–Kier alpha value is -4.70. The maximum atomic E-state index is 13.4. The number of para-hydroxylation sites is 2. The minimum absolute atomic E-state index is 0.138. The van der Waals surface area contributed by atoms with E-state index in [2.05, 4.69) is 10.3 Å². The molecule has 0 atom stereocenters. The van der Waals surface area contributed by atoms with Gasteiger partial charge in [0.05, 0.1) is 18.0 Å². The van der Waals surface area contributed by atoms with Crippen LogP contribution in [0.15, 0.2) is 105 Å². The zero-order chi connectivity index (χ0) is 26.5. The minimum Gasteiger partial charge on any atom is -0.494 e. The van der Waals surface area contributed by atoms with Crippen LogP contribution in [0, 0.1) is 0 Å². The van der Waals surface area contributed by atoms with Crippen molar-refractivity contribution in [3.8, 4) is 11.4 Å². The molecule has 0 radical (unpaired) electrons. The summed E-state index contributed by atoms with van der Waals surface area (Å²) in [5, 5.41) is 2.80. The van der Waals surface area contributed by atoms with Crippen molar-refractivity contribution in [1.29, 1.82) is 0 Å². The van der Waals surface area contributed by atoms with E-state index in [0.29, 0.717) is 23.1 Å². The van der Waals surface area contributed by atoms with E-state index < -0.39 is 11.4 Å². The van der Waals surface area contributed by atoms with Crippen molar-refractivity contribution in [3.05, 3.63) is 112 Å². The molecule has 1 amide bonds. The van der Waals surface area contributed by atoms with Gasteiger partial charge in [-0.2, -0.15) is 0 Å². The summed E-state index contributed by atoms with van der Waals surface area (Å²) in [7, 11) is 0. The largest absolute Gasteiger partial charge is 0.494 e. The highest BCUT2D eigenvalue weighted by molar-refractivity contribution is 8.14. The van der Waals surface area contributed by atoms with E-state index in [0.717, 1.165) is 23.1 Å². The molecule has 1 aliphatic heterocycles. The molecule has 1 N–H and O–H groups in total. The highest BCUT2D eigenvalue weighted by atomic mass is 32.2. The molecule has 4 aromatic rings. The molecule has 2 heterocycles. The van der Waals surface area contributed by atoms with E-state index in [1.54, 1.807) is 42.5 Å². The number of rotatable bonds is 8. The third-order valence-corrected chi connectivity index (χ3v) is 6.53. The number of aromatic nitrogens is 2. The van der Waals surface area contributed by atoms with Crippen molar-refractivity contribution in [1.82, 2.24) is 5.27 Å². The average molecular weight is 528 g/mol. The molecule has 1 aliphatic rings. The molecule has 190 valence electrons. The number of aromatic amines is 1. The summed E-state index contributed by atoms with van der Waals surface area (Å²) in [5.74, 6) is -0.193. The van der Waals surface area contributed by atoms with Crippen LogP contribution in [0.3, 0.4) is 0 Å². The Balaban J connectivity index is 1.42. The van der Waals surface area contributed by atoms with Gasteiger partial charge in [-0.05, 0) is 52.8 Å². The molecule has 38 heavy (non-hydrogen) atoms. The summed E-state index contributed by atoms with van der Waals surface area (Å²) < 4.78 is 11.7. The van der Waals surface area contributed by atoms with Crippen LogP contribution in [0.5, 0.6) is 5.75 Å². The number of benzene rings is 3. The van der Waals surface area contributed by atoms with Gasteiger partial charge in [0.2, 0.25) is 11.5 Å². The van der Waals surface area contributed by atoms with Crippen molar-refractivity contribution in [2.75, 3.05) is 17.3 Å². The van der Waals surface area contributed by atoms with Gasteiger partial charge in [0.1, 0.15) is 11.4 Å². The van der Waals surface area contributed by atoms with Gasteiger partial charge >= 0.3 is 11.3 Å². The minimum atomic E-state index is -0.778. The molecular formula is C28H23N4O5S+. The summed E-state index contributed by atoms with van der Waals surface area (Å²) in [4.78, 5) is 44.9. The van der Waals surface area contributed by atoms with Gasteiger partial charge in [-0.25, -0.2) is 9.79 Å². The van der Waals surface area contributed by atoms with Crippen molar-refractivity contribution in [2.24, 2.45) is 4.99 Å². The van der Waals surface area contributed by atoms with Crippen LogP contribution < -0.4 is 19.9 Å². The number of ether oxygens (including phenoxy) is 1. The second kappa shape index (κ2) is 11.1. The molecule has 9 nitrogen and oxygen atoms in total. The van der Waals surface area contributed by atoms with Crippen LogP contribution in [0.1, 0.15) is 23.0 Å². The molecule has 1 aromatic heterocycles. The molecule has 0 aliphatic carbocycles. The summed E-state index contributed by atoms with van der Waals surface area (Å²) in [6.07, 6.45) is 1.69. The van der Waals surface area contributed by atoms with Gasteiger partial charge in [-0.3, -0.25) is 19.0 Å². The summed E-state index contributed by atoms with van der Waals surface area (Å²) in [5.41, 5.74) is 1.28. The number of carbonyl (C=O) groups excluding carboxylic acids is 2. The molecule has 5 rings (SSSR count). The number of aliphatic imine (C=N–C) groups is 1.